The molecular weight excluding hydrogens is 314 g/mol. The fourth-order valence-corrected chi connectivity index (χ4v) is 3.97. The third kappa shape index (κ3) is 5.37. The maximum Gasteiger partial charge on any atom is 0.233 e. The van der Waals surface area contributed by atoms with Crippen LogP contribution in [0.4, 0.5) is 5.69 Å². The molecule has 23 heavy (non-hydrogen) atoms. The standard InChI is InChI=1S/C16H27N3O3S/c1-14-5-6-15(16(20)13-14)17-23(21,22)12-4-9-19(3)10-7-18(2)8-11-19/h5-6,13,17H,4,7-12H2,1-3H3/p+1. The molecule has 0 aliphatic carbocycles. The van der Waals surface area contributed by atoms with Gasteiger partial charge in [-0.3, -0.25) is 9.62 Å². The predicted octanol–water partition coefficient (Wildman–Crippen LogP) is 1.22. The third-order valence-corrected chi connectivity index (χ3v) is 5.93. The molecule has 0 spiro atoms. The van der Waals surface area contributed by atoms with Gasteiger partial charge < -0.3 is 9.59 Å². The van der Waals surface area contributed by atoms with E-state index in [-0.39, 0.29) is 17.2 Å². The number of hydrogen-bond acceptors (Lipinski definition) is 4. The molecule has 0 unspecified atom stereocenters. The van der Waals surface area contributed by atoms with Crippen LogP contribution < -0.4 is 4.72 Å². The zero-order valence-corrected chi connectivity index (χ0v) is 15.1. The second kappa shape index (κ2) is 7.07. The van der Waals surface area contributed by atoms with Crippen molar-refractivity contribution in [2.75, 3.05) is 57.3 Å². The third-order valence-electron chi connectivity index (χ3n) is 4.57. The molecule has 1 aliphatic rings. The van der Waals surface area contributed by atoms with Gasteiger partial charge in [0.15, 0.2) is 0 Å². The van der Waals surface area contributed by atoms with Crippen LogP contribution in [0.3, 0.4) is 0 Å². The second-order valence-electron chi connectivity index (χ2n) is 6.89. The molecular formula is C16H28N3O3S+. The predicted molar refractivity (Wildman–Crippen MR) is 93.2 cm³/mol. The maximum absolute atomic E-state index is 12.2. The van der Waals surface area contributed by atoms with Crippen molar-refractivity contribution in [1.29, 1.82) is 0 Å². The van der Waals surface area contributed by atoms with E-state index in [4.69, 9.17) is 0 Å². The number of likely N-dealkylation sites (N-methyl/N-ethyl adjacent to an activating group) is 2. The minimum atomic E-state index is -3.44. The molecule has 1 heterocycles. The molecule has 2 rings (SSSR count). The lowest BCUT2D eigenvalue weighted by molar-refractivity contribution is -0.913. The van der Waals surface area contributed by atoms with Crippen molar-refractivity contribution in [2.45, 2.75) is 13.3 Å². The molecule has 1 aliphatic heterocycles. The Morgan fingerprint density at radius 3 is 2.57 bits per heavy atom. The van der Waals surface area contributed by atoms with Gasteiger partial charge in [-0.2, -0.15) is 0 Å². The lowest BCUT2D eigenvalue weighted by Crippen LogP contribution is -2.56. The topological polar surface area (TPSA) is 69.6 Å². The number of nitrogens with one attached hydrogen (secondary N) is 1. The Labute approximate surface area is 139 Å². The smallest absolute Gasteiger partial charge is 0.233 e. The lowest BCUT2D eigenvalue weighted by Gasteiger charge is -2.41. The fourth-order valence-electron chi connectivity index (χ4n) is 2.85. The molecule has 130 valence electrons. The van der Waals surface area contributed by atoms with Crippen molar-refractivity contribution in [3.63, 3.8) is 0 Å². The number of rotatable bonds is 6. The molecule has 1 fully saturated rings. The maximum atomic E-state index is 12.2. The van der Waals surface area contributed by atoms with E-state index in [2.05, 4.69) is 23.7 Å². The summed E-state index contributed by atoms with van der Waals surface area (Å²) in [6.07, 6.45) is 0.613. The Balaban J connectivity index is 1.87. The van der Waals surface area contributed by atoms with E-state index in [0.717, 1.165) is 42.8 Å². The van der Waals surface area contributed by atoms with E-state index in [1.807, 2.05) is 6.92 Å². The summed E-state index contributed by atoms with van der Waals surface area (Å²) in [6, 6.07) is 4.92. The normalized spacial score (nSPS) is 18.7. The minimum absolute atomic E-state index is 0.0355. The summed E-state index contributed by atoms with van der Waals surface area (Å²) in [6.45, 7) is 6.93. The first-order valence-corrected chi connectivity index (χ1v) is 9.67. The first-order valence-electron chi connectivity index (χ1n) is 8.01. The minimum Gasteiger partial charge on any atom is -0.506 e. The van der Waals surface area contributed by atoms with Gasteiger partial charge >= 0.3 is 0 Å². The quantitative estimate of drug-likeness (QED) is 0.602. The first-order chi connectivity index (χ1) is 10.7. The zero-order chi connectivity index (χ0) is 17.1. The van der Waals surface area contributed by atoms with Gasteiger partial charge in [0.2, 0.25) is 10.0 Å². The summed E-state index contributed by atoms with van der Waals surface area (Å²) in [5.74, 6) is 0.0379. The van der Waals surface area contributed by atoms with Gasteiger partial charge in [-0.1, -0.05) is 6.07 Å². The van der Waals surface area contributed by atoms with Crippen LogP contribution in [0.5, 0.6) is 5.75 Å². The molecule has 0 saturated carbocycles. The molecule has 0 atom stereocenters. The van der Waals surface area contributed by atoms with Gasteiger partial charge in [0.25, 0.3) is 0 Å². The highest BCUT2D eigenvalue weighted by molar-refractivity contribution is 7.92. The van der Waals surface area contributed by atoms with E-state index in [1.165, 1.54) is 0 Å². The van der Waals surface area contributed by atoms with E-state index in [0.29, 0.717) is 6.42 Å². The number of quaternary nitrogens is 1. The number of phenolic OH excluding ortho intramolecular Hbond substituents is 1. The molecule has 6 nitrogen and oxygen atoms in total. The summed E-state index contributed by atoms with van der Waals surface area (Å²) >= 11 is 0. The highest BCUT2D eigenvalue weighted by Crippen LogP contribution is 2.25. The van der Waals surface area contributed by atoms with Crippen molar-refractivity contribution in [3.8, 4) is 5.75 Å². The van der Waals surface area contributed by atoms with Gasteiger partial charge in [-0.05, 0) is 31.7 Å². The van der Waals surface area contributed by atoms with Crippen LogP contribution in [-0.2, 0) is 10.0 Å². The Hall–Kier alpha value is -1.31. The SMILES string of the molecule is Cc1ccc(NS(=O)(=O)CCC[N+]2(C)CCN(C)CC2)c(O)c1. The molecule has 0 bridgehead atoms. The largest absolute Gasteiger partial charge is 0.506 e. The average molecular weight is 342 g/mol. The first kappa shape index (κ1) is 18.0. The van der Waals surface area contributed by atoms with Gasteiger partial charge in [-0.15, -0.1) is 0 Å². The van der Waals surface area contributed by atoms with Gasteiger partial charge in [0.05, 0.1) is 38.1 Å². The Kier molecular flexibility index (Phi) is 5.54. The van der Waals surface area contributed by atoms with Crippen molar-refractivity contribution in [2.24, 2.45) is 0 Å². The monoisotopic (exact) mass is 342 g/mol. The molecule has 2 N–H and O–H groups in total. The van der Waals surface area contributed by atoms with Crippen LogP contribution in [-0.4, -0.2) is 75.5 Å². The summed E-state index contributed by atoms with van der Waals surface area (Å²) in [7, 11) is 0.872. The molecule has 0 amide bonds. The number of aryl methyl sites for hydroxylation is 1. The van der Waals surface area contributed by atoms with Crippen molar-refractivity contribution in [3.05, 3.63) is 23.8 Å². The van der Waals surface area contributed by atoms with Gasteiger partial charge in [0.1, 0.15) is 5.75 Å². The van der Waals surface area contributed by atoms with Crippen LogP contribution in [0, 0.1) is 6.92 Å². The molecule has 1 aromatic carbocycles. The number of hydrogen-bond donors (Lipinski definition) is 2. The number of anilines is 1. The van der Waals surface area contributed by atoms with Crippen LogP contribution >= 0.6 is 0 Å². The summed E-state index contributed by atoms with van der Waals surface area (Å²) < 4.78 is 27.8. The van der Waals surface area contributed by atoms with E-state index in [9.17, 15) is 13.5 Å². The van der Waals surface area contributed by atoms with Gasteiger partial charge in [0, 0.05) is 19.5 Å². The molecule has 0 radical (unpaired) electrons. The van der Waals surface area contributed by atoms with Crippen molar-refractivity contribution in [1.82, 2.24) is 4.90 Å². The summed E-state index contributed by atoms with van der Waals surface area (Å²) in [5.41, 5.74) is 1.13. The Morgan fingerprint density at radius 2 is 1.96 bits per heavy atom. The highest BCUT2D eigenvalue weighted by Gasteiger charge is 2.27. The van der Waals surface area contributed by atoms with Gasteiger partial charge in [-0.25, -0.2) is 8.42 Å². The molecule has 1 aromatic rings. The number of nitrogens with zero attached hydrogens (tertiary/aromatic N) is 2. The fraction of sp³-hybridized carbons (Fsp3) is 0.625. The van der Waals surface area contributed by atoms with Crippen molar-refractivity contribution < 1.29 is 18.0 Å². The molecule has 7 heteroatoms. The number of aromatic hydroxyl groups is 1. The Morgan fingerprint density at radius 1 is 1.30 bits per heavy atom. The van der Waals surface area contributed by atoms with Crippen LogP contribution in [0.1, 0.15) is 12.0 Å². The zero-order valence-electron chi connectivity index (χ0n) is 14.2. The molecule has 1 saturated heterocycles. The number of benzene rings is 1. The van der Waals surface area contributed by atoms with E-state index in [1.54, 1.807) is 18.2 Å². The molecule has 0 aromatic heterocycles. The Bertz CT molecular complexity index is 638. The number of piperazine rings is 1. The lowest BCUT2D eigenvalue weighted by atomic mass is 10.2. The summed E-state index contributed by atoms with van der Waals surface area (Å²) in [5, 5.41) is 9.82. The van der Waals surface area contributed by atoms with E-state index >= 15 is 0 Å². The van der Waals surface area contributed by atoms with Crippen LogP contribution in [0.2, 0.25) is 0 Å². The average Bonchev–Trinajstić information content (AvgIpc) is 2.45. The number of sulfonamides is 1. The second-order valence-corrected chi connectivity index (χ2v) is 8.73. The number of phenols is 1. The van der Waals surface area contributed by atoms with Crippen LogP contribution in [0.25, 0.3) is 0 Å². The van der Waals surface area contributed by atoms with Crippen molar-refractivity contribution >= 4 is 15.7 Å². The van der Waals surface area contributed by atoms with Crippen LogP contribution in [0.15, 0.2) is 18.2 Å². The highest BCUT2D eigenvalue weighted by atomic mass is 32.2. The van der Waals surface area contributed by atoms with E-state index < -0.39 is 10.0 Å². The summed E-state index contributed by atoms with van der Waals surface area (Å²) in [4.78, 5) is 2.30.